The van der Waals surface area contributed by atoms with E-state index in [1.807, 2.05) is 55.8 Å². The van der Waals surface area contributed by atoms with E-state index in [1.165, 1.54) is 13.2 Å². The molecule has 3 aromatic rings. The van der Waals surface area contributed by atoms with Gasteiger partial charge >= 0.3 is 6.18 Å². The monoisotopic (exact) mass is 561 g/mol. The molecule has 0 aliphatic heterocycles. The van der Waals surface area contributed by atoms with Crippen molar-refractivity contribution >= 4 is 29.9 Å². The minimum Gasteiger partial charge on any atom is -0.357 e. The molecule has 1 aromatic carbocycles. The molecule has 0 unspecified atom stereocenters. The van der Waals surface area contributed by atoms with Gasteiger partial charge in [0.2, 0.25) is 0 Å². The number of guanidine groups is 1. The van der Waals surface area contributed by atoms with Gasteiger partial charge in [-0.2, -0.15) is 23.4 Å². The maximum atomic E-state index is 13.2. The average Bonchev–Trinajstić information content (AvgIpc) is 3.25. The van der Waals surface area contributed by atoms with Gasteiger partial charge in [-0.25, -0.2) is 9.67 Å². The molecule has 0 atom stereocenters. The van der Waals surface area contributed by atoms with Gasteiger partial charge in [0.05, 0.1) is 17.9 Å². The van der Waals surface area contributed by atoms with Crippen LogP contribution < -0.4 is 10.6 Å². The molecule has 0 saturated carbocycles. The number of nitrogens with zero attached hydrogens (tertiary/aromatic N) is 5. The van der Waals surface area contributed by atoms with Crippen LogP contribution in [0.4, 0.5) is 13.2 Å². The minimum absolute atomic E-state index is 0. The third-order valence-electron chi connectivity index (χ3n) is 4.60. The lowest BCUT2D eigenvalue weighted by Crippen LogP contribution is -2.37. The first-order valence-electron chi connectivity index (χ1n) is 9.92. The predicted molar refractivity (Wildman–Crippen MR) is 128 cm³/mol. The number of benzene rings is 1. The zero-order chi connectivity index (χ0) is 22.6. The van der Waals surface area contributed by atoms with E-state index in [9.17, 15) is 13.2 Å². The molecule has 0 saturated heterocycles. The van der Waals surface area contributed by atoms with Gasteiger partial charge in [-0.1, -0.05) is 18.2 Å². The molecular weight excluding hydrogens is 534 g/mol. The van der Waals surface area contributed by atoms with Gasteiger partial charge in [0.15, 0.2) is 11.7 Å². The second kappa shape index (κ2) is 10.8. The quantitative estimate of drug-likeness (QED) is 0.270. The van der Waals surface area contributed by atoms with E-state index < -0.39 is 11.9 Å². The SMILES string of the molecule is CCNC(=NCc1cn(C)nc1C(F)(F)F)NCc1ccccc1-n1nc(C)cc1C.I. The molecule has 32 heavy (non-hydrogen) atoms. The number of hydrogen-bond acceptors (Lipinski definition) is 3. The Labute approximate surface area is 202 Å². The normalized spacial score (nSPS) is 11.9. The van der Waals surface area contributed by atoms with Crippen molar-refractivity contribution in [3.63, 3.8) is 0 Å². The fraction of sp³-hybridized carbons (Fsp3) is 0.381. The van der Waals surface area contributed by atoms with Crippen LogP contribution in [0.5, 0.6) is 0 Å². The molecular formula is C21H27F3IN7. The molecule has 3 rings (SSSR count). The molecule has 0 amide bonds. The summed E-state index contributed by atoms with van der Waals surface area (Å²) < 4.78 is 42.6. The number of para-hydroxylation sites is 1. The minimum atomic E-state index is -4.52. The van der Waals surface area contributed by atoms with Gasteiger partial charge in [0, 0.05) is 37.6 Å². The Hall–Kier alpha value is -2.57. The van der Waals surface area contributed by atoms with Gasteiger partial charge < -0.3 is 10.6 Å². The van der Waals surface area contributed by atoms with E-state index in [1.54, 1.807) is 0 Å². The Morgan fingerprint density at radius 2 is 1.81 bits per heavy atom. The van der Waals surface area contributed by atoms with Crippen LogP contribution in [-0.2, 0) is 26.3 Å². The van der Waals surface area contributed by atoms with Crippen molar-refractivity contribution < 1.29 is 13.2 Å². The van der Waals surface area contributed by atoms with Gasteiger partial charge in [-0.05, 0) is 38.5 Å². The molecule has 174 valence electrons. The van der Waals surface area contributed by atoms with Crippen molar-refractivity contribution in [2.75, 3.05) is 6.54 Å². The molecule has 0 fully saturated rings. The topological polar surface area (TPSA) is 72.1 Å². The lowest BCUT2D eigenvalue weighted by Gasteiger charge is -2.15. The Kier molecular flexibility index (Phi) is 8.70. The van der Waals surface area contributed by atoms with Crippen LogP contribution in [-0.4, -0.2) is 32.1 Å². The van der Waals surface area contributed by atoms with Crippen molar-refractivity contribution in [2.24, 2.45) is 12.0 Å². The Bertz CT molecular complexity index is 1070. The lowest BCUT2D eigenvalue weighted by atomic mass is 10.1. The van der Waals surface area contributed by atoms with Crippen LogP contribution in [0.1, 0.15) is 35.1 Å². The smallest absolute Gasteiger partial charge is 0.357 e. The van der Waals surface area contributed by atoms with Crippen LogP contribution in [0.2, 0.25) is 0 Å². The molecule has 0 aliphatic carbocycles. The highest BCUT2D eigenvalue weighted by atomic mass is 127. The summed E-state index contributed by atoms with van der Waals surface area (Å²) in [6, 6.07) is 9.83. The summed E-state index contributed by atoms with van der Waals surface area (Å²) >= 11 is 0. The first-order valence-corrected chi connectivity index (χ1v) is 9.92. The summed E-state index contributed by atoms with van der Waals surface area (Å²) in [7, 11) is 1.46. The van der Waals surface area contributed by atoms with Crippen molar-refractivity contribution in [3.8, 4) is 5.69 Å². The van der Waals surface area contributed by atoms with Gasteiger partial charge in [-0.3, -0.25) is 4.68 Å². The lowest BCUT2D eigenvalue weighted by molar-refractivity contribution is -0.142. The average molecular weight is 561 g/mol. The van der Waals surface area contributed by atoms with Crippen molar-refractivity contribution in [1.29, 1.82) is 0 Å². The predicted octanol–water partition coefficient (Wildman–Crippen LogP) is 4.11. The zero-order valence-electron chi connectivity index (χ0n) is 18.4. The summed E-state index contributed by atoms with van der Waals surface area (Å²) in [5.41, 5.74) is 2.97. The van der Waals surface area contributed by atoms with Gasteiger partial charge in [0.1, 0.15) is 0 Å². The highest BCUT2D eigenvalue weighted by Gasteiger charge is 2.36. The van der Waals surface area contributed by atoms with Crippen LogP contribution >= 0.6 is 24.0 Å². The van der Waals surface area contributed by atoms with Crippen molar-refractivity contribution in [2.45, 2.75) is 40.0 Å². The maximum Gasteiger partial charge on any atom is 0.435 e. The van der Waals surface area contributed by atoms with Crippen LogP contribution in [0, 0.1) is 13.8 Å². The molecule has 0 spiro atoms. The summed E-state index contributed by atoms with van der Waals surface area (Å²) in [6.07, 6.45) is -3.18. The summed E-state index contributed by atoms with van der Waals surface area (Å²) in [4.78, 5) is 4.33. The molecule has 0 aliphatic rings. The number of alkyl halides is 3. The molecule has 2 aromatic heterocycles. The second-order valence-corrected chi connectivity index (χ2v) is 7.19. The van der Waals surface area contributed by atoms with E-state index in [0.717, 1.165) is 27.3 Å². The fourth-order valence-corrected chi connectivity index (χ4v) is 3.32. The number of aliphatic imine (C=N–C) groups is 1. The van der Waals surface area contributed by atoms with Crippen LogP contribution in [0.15, 0.2) is 41.5 Å². The molecule has 7 nitrogen and oxygen atoms in total. The molecule has 2 N–H and O–H groups in total. The Morgan fingerprint density at radius 1 is 1.09 bits per heavy atom. The third-order valence-corrected chi connectivity index (χ3v) is 4.60. The first-order chi connectivity index (χ1) is 14.7. The Morgan fingerprint density at radius 3 is 2.44 bits per heavy atom. The Balaban J connectivity index is 0.00000363. The van der Waals surface area contributed by atoms with E-state index in [-0.39, 0.29) is 36.1 Å². The molecule has 0 bridgehead atoms. The number of aryl methyl sites for hydroxylation is 3. The van der Waals surface area contributed by atoms with E-state index >= 15 is 0 Å². The van der Waals surface area contributed by atoms with E-state index in [4.69, 9.17) is 0 Å². The standard InChI is InChI=1S/C21H26F3N7.HI/c1-5-25-20(27-12-17-13-30(4)29-19(17)21(22,23)24)26-11-16-8-6-7-9-18(16)31-15(3)10-14(2)28-31;/h6-10,13H,5,11-12H2,1-4H3,(H2,25,26,27);1H. The van der Waals surface area contributed by atoms with Gasteiger partial charge in [-0.15, -0.1) is 24.0 Å². The highest BCUT2D eigenvalue weighted by molar-refractivity contribution is 14.0. The number of aromatic nitrogens is 4. The number of rotatable bonds is 6. The van der Waals surface area contributed by atoms with Gasteiger partial charge in [0.25, 0.3) is 0 Å². The number of halogens is 4. The number of hydrogen-bond donors (Lipinski definition) is 2. The zero-order valence-corrected chi connectivity index (χ0v) is 20.7. The van der Waals surface area contributed by atoms with Crippen molar-refractivity contribution in [3.05, 3.63) is 64.7 Å². The third kappa shape index (κ3) is 6.24. The second-order valence-electron chi connectivity index (χ2n) is 7.19. The highest BCUT2D eigenvalue weighted by Crippen LogP contribution is 2.30. The first kappa shape index (κ1) is 25.7. The molecule has 11 heteroatoms. The number of nitrogens with one attached hydrogen (secondary N) is 2. The summed E-state index contributed by atoms with van der Waals surface area (Å²) in [5, 5.41) is 14.3. The van der Waals surface area contributed by atoms with Crippen LogP contribution in [0.25, 0.3) is 5.69 Å². The summed E-state index contributed by atoms with van der Waals surface area (Å²) in [5.74, 6) is 0.419. The van der Waals surface area contributed by atoms with Crippen LogP contribution in [0.3, 0.4) is 0 Å². The summed E-state index contributed by atoms with van der Waals surface area (Å²) in [6.45, 7) is 6.68. The molecule has 0 radical (unpaired) electrons. The van der Waals surface area contributed by atoms with E-state index in [2.05, 4.69) is 25.8 Å². The van der Waals surface area contributed by atoms with E-state index in [0.29, 0.717) is 19.0 Å². The molecule has 2 heterocycles. The van der Waals surface area contributed by atoms with Crippen molar-refractivity contribution in [1.82, 2.24) is 30.2 Å². The maximum absolute atomic E-state index is 13.2. The fourth-order valence-electron chi connectivity index (χ4n) is 3.32. The largest absolute Gasteiger partial charge is 0.435 e.